The number of anilines is 1. The number of hydrogen-bond acceptors (Lipinski definition) is 2. The van der Waals surface area contributed by atoms with Crippen molar-refractivity contribution in [3.8, 4) is 5.75 Å². The Kier molecular flexibility index (Phi) is 4.04. The highest BCUT2D eigenvalue weighted by Gasteiger charge is 2.13. The molecule has 2 nitrogen and oxygen atoms in total. The lowest BCUT2D eigenvalue weighted by Crippen LogP contribution is -2.00. The minimum Gasteiger partial charge on any atom is -0.495 e. The summed E-state index contributed by atoms with van der Waals surface area (Å²) in [6.45, 7) is 4.35. The van der Waals surface area contributed by atoms with Crippen molar-refractivity contribution in [1.29, 1.82) is 0 Å². The van der Waals surface area contributed by atoms with Crippen LogP contribution < -0.4 is 10.5 Å². The molecule has 0 saturated carbocycles. The number of nitrogens with two attached hydrogens (primary N) is 1. The van der Waals surface area contributed by atoms with Crippen LogP contribution in [0.15, 0.2) is 12.1 Å². The third-order valence-electron chi connectivity index (χ3n) is 2.44. The van der Waals surface area contributed by atoms with E-state index >= 15 is 0 Å². The molecule has 1 rings (SSSR count). The standard InChI is InChI=1S/C11H16INO/c1-4-7(2)9-5-8(13)6-10(12)11(9)14-3/h5-7H,4,13H2,1-3H3. The van der Waals surface area contributed by atoms with E-state index in [1.807, 2.05) is 12.1 Å². The van der Waals surface area contributed by atoms with E-state index in [-0.39, 0.29) is 0 Å². The Hall–Kier alpha value is -0.450. The summed E-state index contributed by atoms with van der Waals surface area (Å²) in [5.41, 5.74) is 7.83. The summed E-state index contributed by atoms with van der Waals surface area (Å²) in [5.74, 6) is 1.45. The monoisotopic (exact) mass is 305 g/mol. The van der Waals surface area contributed by atoms with E-state index in [0.717, 1.165) is 21.4 Å². The van der Waals surface area contributed by atoms with Crippen LogP contribution in [0.2, 0.25) is 0 Å². The minimum absolute atomic E-state index is 0.488. The number of benzene rings is 1. The van der Waals surface area contributed by atoms with Gasteiger partial charge in [0.1, 0.15) is 5.75 Å². The van der Waals surface area contributed by atoms with Crippen molar-refractivity contribution < 1.29 is 4.74 Å². The quantitative estimate of drug-likeness (QED) is 0.686. The average Bonchev–Trinajstić information content (AvgIpc) is 2.15. The van der Waals surface area contributed by atoms with Crippen LogP contribution in [0.5, 0.6) is 5.75 Å². The van der Waals surface area contributed by atoms with Gasteiger partial charge in [-0.1, -0.05) is 13.8 Å². The molecule has 0 saturated heterocycles. The third kappa shape index (κ3) is 2.32. The van der Waals surface area contributed by atoms with Gasteiger partial charge in [-0.25, -0.2) is 0 Å². The summed E-state index contributed by atoms with van der Waals surface area (Å²) in [6, 6.07) is 3.94. The first-order valence-corrected chi connectivity index (χ1v) is 5.80. The van der Waals surface area contributed by atoms with Crippen LogP contribution in [0.4, 0.5) is 5.69 Å². The Morgan fingerprint density at radius 3 is 2.64 bits per heavy atom. The Morgan fingerprint density at radius 1 is 1.50 bits per heavy atom. The zero-order valence-corrected chi connectivity index (χ0v) is 11.0. The van der Waals surface area contributed by atoms with E-state index in [1.54, 1.807) is 7.11 Å². The molecule has 0 aliphatic carbocycles. The van der Waals surface area contributed by atoms with Crippen LogP contribution in [-0.2, 0) is 0 Å². The minimum atomic E-state index is 0.488. The topological polar surface area (TPSA) is 35.2 Å². The van der Waals surface area contributed by atoms with Gasteiger partial charge in [-0.05, 0) is 47.1 Å². The van der Waals surface area contributed by atoms with Gasteiger partial charge < -0.3 is 10.5 Å². The van der Waals surface area contributed by atoms with Crippen LogP contribution in [0, 0.1) is 3.57 Å². The molecule has 1 aromatic rings. The van der Waals surface area contributed by atoms with Gasteiger partial charge in [-0.2, -0.15) is 0 Å². The van der Waals surface area contributed by atoms with E-state index in [1.165, 1.54) is 5.56 Å². The van der Waals surface area contributed by atoms with Crippen molar-refractivity contribution in [2.45, 2.75) is 26.2 Å². The SMILES string of the molecule is CCC(C)c1cc(N)cc(I)c1OC. The Bertz CT molecular complexity index is 325. The van der Waals surface area contributed by atoms with Gasteiger partial charge in [0.05, 0.1) is 10.7 Å². The van der Waals surface area contributed by atoms with Gasteiger partial charge in [0, 0.05) is 11.3 Å². The van der Waals surface area contributed by atoms with E-state index in [0.29, 0.717) is 5.92 Å². The van der Waals surface area contributed by atoms with Gasteiger partial charge >= 0.3 is 0 Å². The number of methoxy groups -OCH3 is 1. The van der Waals surface area contributed by atoms with E-state index in [4.69, 9.17) is 10.5 Å². The Morgan fingerprint density at radius 2 is 2.14 bits per heavy atom. The smallest absolute Gasteiger partial charge is 0.135 e. The number of rotatable bonds is 3. The lowest BCUT2D eigenvalue weighted by Gasteiger charge is -2.16. The molecule has 1 unspecified atom stereocenters. The maximum Gasteiger partial charge on any atom is 0.135 e. The third-order valence-corrected chi connectivity index (χ3v) is 3.24. The number of ether oxygens (including phenoxy) is 1. The molecular weight excluding hydrogens is 289 g/mol. The molecule has 0 fully saturated rings. The van der Waals surface area contributed by atoms with E-state index < -0.39 is 0 Å². The fraction of sp³-hybridized carbons (Fsp3) is 0.455. The van der Waals surface area contributed by atoms with Gasteiger partial charge in [0.25, 0.3) is 0 Å². The van der Waals surface area contributed by atoms with Crippen LogP contribution >= 0.6 is 22.6 Å². The molecule has 0 aliphatic rings. The molecule has 0 spiro atoms. The Labute approximate surface area is 99.0 Å². The Balaban J connectivity index is 3.24. The number of nitrogen functional groups attached to an aromatic ring is 1. The molecule has 2 N–H and O–H groups in total. The first-order valence-electron chi connectivity index (χ1n) is 4.73. The molecule has 78 valence electrons. The fourth-order valence-electron chi connectivity index (χ4n) is 1.44. The second kappa shape index (κ2) is 4.87. The highest BCUT2D eigenvalue weighted by Crippen LogP contribution is 2.34. The molecule has 0 bridgehead atoms. The van der Waals surface area contributed by atoms with Crippen LogP contribution in [-0.4, -0.2) is 7.11 Å². The van der Waals surface area contributed by atoms with Gasteiger partial charge in [-0.15, -0.1) is 0 Å². The van der Waals surface area contributed by atoms with Gasteiger partial charge in [0.15, 0.2) is 0 Å². The predicted octanol–water partition coefficient (Wildman–Crippen LogP) is 3.40. The van der Waals surface area contributed by atoms with Gasteiger partial charge in [0.2, 0.25) is 0 Å². The van der Waals surface area contributed by atoms with Crippen molar-refractivity contribution in [3.05, 3.63) is 21.3 Å². The molecule has 0 radical (unpaired) electrons. The maximum absolute atomic E-state index is 5.82. The summed E-state index contributed by atoms with van der Waals surface area (Å²) in [4.78, 5) is 0. The highest BCUT2D eigenvalue weighted by atomic mass is 127. The predicted molar refractivity (Wildman–Crippen MR) is 68.8 cm³/mol. The van der Waals surface area contributed by atoms with Crippen LogP contribution in [0.25, 0.3) is 0 Å². The van der Waals surface area contributed by atoms with Crippen molar-refractivity contribution >= 4 is 28.3 Å². The fourth-order valence-corrected chi connectivity index (χ4v) is 2.33. The number of halogens is 1. The van der Waals surface area contributed by atoms with Crippen molar-refractivity contribution in [3.63, 3.8) is 0 Å². The molecule has 1 atom stereocenters. The highest BCUT2D eigenvalue weighted by molar-refractivity contribution is 14.1. The van der Waals surface area contributed by atoms with Crippen molar-refractivity contribution in [1.82, 2.24) is 0 Å². The van der Waals surface area contributed by atoms with Crippen molar-refractivity contribution in [2.24, 2.45) is 0 Å². The number of hydrogen-bond donors (Lipinski definition) is 1. The molecule has 1 aromatic carbocycles. The van der Waals surface area contributed by atoms with Crippen LogP contribution in [0.3, 0.4) is 0 Å². The first-order chi connectivity index (χ1) is 6.60. The zero-order valence-electron chi connectivity index (χ0n) is 8.80. The average molecular weight is 305 g/mol. The molecule has 3 heteroatoms. The lowest BCUT2D eigenvalue weighted by molar-refractivity contribution is 0.403. The summed E-state index contributed by atoms with van der Waals surface area (Å²) < 4.78 is 6.47. The maximum atomic E-state index is 5.82. The zero-order chi connectivity index (χ0) is 10.7. The molecule has 0 aromatic heterocycles. The molecule has 0 amide bonds. The summed E-state index contributed by atoms with van der Waals surface area (Å²) in [5, 5.41) is 0. The summed E-state index contributed by atoms with van der Waals surface area (Å²) in [7, 11) is 1.71. The molecule has 0 heterocycles. The van der Waals surface area contributed by atoms with Gasteiger partial charge in [-0.3, -0.25) is 0 Å². The van der Waals surface area contributed by atoms with Crippen LogP contribution in [0.1, 0.15) is 31.7 Å². The first kappa shape index (κ1) is 11.6. The lowest BCUT2D eigenvalue weighted by atomic mass is 9.97. The normalized spacial score (nSPS) is 12.6. The largest absolute Gasteiger partial charge is 0.495 e. The second-order valence-corrected chi connectivity index (χ2v) is 4.60. The molecule has 14 heavy (non-hydrogen) atoms. The molecule has 0 aliphatic heterocycles. The van der Waals surface area contributed by atoms with E-state index in [9.17, 15) is 0 Å². The van der Waals surface area contributed by atoms with E-state index in [2.05, 4.69) is 36.4 Å². The molecular formula is C11H16INO. The second-order valence-electron chi connectivity index (χ2n) is 3.43. The van der Waals surface area contributed by atoms with Crippen molar-refractivity contribution in [2.75, 3.05) is 12.8 Å². The summed E-state index contributed by atoms with van der Waals surface area (Å²) >= 11 is 2.26. The summed E-state index contributed by atoms with van der Waals surface area (Å²) in [6.07, 6.45) is 1.09.